The lowest BCUT2D eigenvalue weighted by molar-refractivity contribution is 0.0690. The molecule has 1 aromatic rings. The van der Waals surface area contributed by atoms with Crippen LogP contribution in [0.25, 0.3) is 0 Å². The number of hydrogen-bond donors (Lipinski definition) is 2. The minimum absolute atomic E-state index is 0.0185. The third-order valence-electron chi connectivity index (χ3n) is 3.94. The van der Waals surface area contributed by atoms with Crippen LogP contribution in [0.5, 0.6) is 0 Å². The van der Waals surface area contributed by atoms with Gasteiger partial charge in [0.25, 0.3) is 0 Å². The summed E-state index contributed by atoms with van der Waals surface area (Å²) in [6.45, 7) is 1.09. The highest BCUT2D eigenvalue weighted by molar-refractivity contribution is 5.84. The Morgan fingerprint density at radius 3 is 2.60 bits per heavy atom. The molecule has 108 valence electrons. The van der Waals surface area contributed by atoms with Gasteiger partial charge in [-0.05, 0) is 12.8 Å². The highest BCUT2D eigenvalue weighted by Gasteiger charge is 2.34. The summed E-state index contributed by atoms with van der Waals surface area (Å²) in [5.41, 5.74) is -0.0705. The fraction of sp³-hybridized carbons (Fsp3) is 0.667. The number of nitrogens with zero attached hydrogens (tertiary/aromatic N) is 4. The fourth-order valence-electron chi connectivity index (χ4n) is 2.68. The Hall–Kier alpha value is -2.12. The maximum absolute atomic E-state index is 11.9. The summed E-state index contributed by atoms with van der Waals surface area (Å²) >= 11 is 0. The van der Waals surface area contributed by atoms with E-state index in [0.29, 0.717) is 19.1 Å². The predicted octanol–water partition coefficient (Wildman–Crippen LogP) is 0.485. The van der Waals surface area contributed by atoms with Crippen molar-refractivity contribution < 1.29 is 14.7 Å². The van der Waals surface area contributed by atoms with Gasteiger partial charge in [-0.15, -0.1) is 5.10 Å². The van der Waals surface area contributed by atoms with Crippen molar-refractivity contribution in [2.24, 2.45) is 0 Å². The Bertz CT molecular complexity index is 517. The highest BCUT2D eigenvalue weighted by Crippen LogP contribution is 2.22. The van der Waals surface area contributed by atoms with Crippen molar-refractivity contribution in [3.63, 3.8) is 0 Å². The smallest absolute Gasteiger partial charge is 0.358 e. The summed E-state index contributed by atoms with van der Waals surface area (Å²) in [6, 6.07) is 0.295. The third-order valence-corrected chi connectivity index (χ3v) is 3.94. The zero-order valence-corrected chi connectivity index (χ0v) is 11.0. The van der Waals surface area contributed by atoms with Gasteiger partial charge in [-0.25, -0.2) is 14.3 Å². The van der Waals surface area contributed by atoms with Gasteiger partial charge in [0.2, 0.25) is 0 Å². The van der Waals surface area contributed by atoms with Gasteiger partial charge in [-0.2, -0.15) is 0 Å². The molecule has 2 aliphatic rings. The minimum Gasteiger partial charge on any atom is -0.476 e. The Labute approximate surface area is 115 Å². The monoisotopic (exact) mass is 279 g/mol. The number of aromatic carboxylic acids is 1. The first-order chi connectivity index (χ1) is 9.63. The molecule has 0 radical (unpaired) electrons. The molecule has 0 atom stereocenters. The predicted molar refractivity (Wildman–Crippen MR) is 68.4 cm³/mol. The van der Waals surface area contributed by atoms with Crippen molar-refractivity contribution in [2.45, 2.75) is 37.8 Å². The maximum atomic E-state index is 11.9. The molecule has 20 heavy (non-hydrogen) atoms. The van der Waals surface area contributed by atoms with Crippen molar-refractivity contribution in [1.29, 1.82) is 0 Å². The van der Waals surface area contributed by atoms with Crippen LogP contribution in [0.3, 0.4) is 0 Å². The number of rotatable bonds is 3. The molecule has 2 N–H and O–H groups in total. The average Bonchev–Trinajstić information content (AvgIpc) is 2.97. The average molecular weight is 279 g/mol. The number of hydrogen-bond acceptors (Lipinski definition) is 4. The van der Waals surface area contributed by atoms with E-state index in [2.05, 4.69) is 15.6 Å². The molecule has 2 amide bonds. The summed E-state index contributed by atoms with van der Waals surface area (Å²) in [5.74, 6) is -1.09. The second-order valence-electron chi connectivity index (χ2n) is 5.38. The summed E-state index contributed by atoms with van der Waals surface area (Å²) < 4.78 is 1.52. The first-order valence-corrected chi connectivity index (χ1v) is 6.84. The Morgan fingerprint density at radius 2 is 2.00 bits per heavy atom. The molecule has 8 heteroatoms. The zero-order chi connectivity index (χ0) is 14.1. The van der Waals surface area contributed by atoms with E-state index in [9.17, 15) is 9.59 Å². The lowest BCUT2D eigenvalue weighted by Gasteiger charge is -2.39. The van der Waals surface area contributed by atoms with Gasteiger partial charge in [0.1, 0.15) is 0 Å². The molecule has 3 rings (SSSR count). The van der Waals surface area contributed by atoms with Crippen molar-refractivity contribution in [3.8, 4) is 0 Å². The van der Waals surface area contributed by atoms with E-state index in [4.69, 9.17) is 5.11 Å². The van der Waals surface area contributed by atoms with E-state index in [1.54, 1.807) is 4.90 Å². The van der Waals surface area contributed by atoms with Crippen molar-refractivity contribution in [3.05, 3.63) is 11.9 Å². The van der Waals surface area contributed by atoms with Crippen LogP contribution < -0.4 is 5.32 Å². The second-order valence-corrected chi connectivity index (χ2v) is 5.38. The van der Waals surface area contributed by atoms with Crippen LogP contribution in [0.1, 0.15) is 42.2 Å². The summed E-state index contributed by atoms with van der Waals surface area (Å²) in [5, 5.41) is 19.2. The standard InChI is InChI=1S/C12H17N5O3/c18-11(19)10-7-17(15-14-10)9-5-16(6-9)12(20)13-8-3-1-2-4-8/h7-9H,1-6H2,(H,13,20)(H,18,19). The van der Waals surface area contributed by atoms with E-state index in [1.165, 1.54) is 23.7 Å². The lowest BCUT2D eigenvalue weighted by Crippen LogP contribution is -2.55. The molecule has 0 spiro atoms. The van der Waals surface area contributed by atoms with Gasteiger partial charge in [0.15, 0.2) is 5.69 Å². The first-order valence-electron chi connectivity index (χ1n) is 6.84. The molecular weight excluding hydrogens is 262 g/mol. The van der Waals surface area contributed by atoms with E-state index >= 15 is 0 Å². The van der Waals surface area contributed by atoms with Crippen LogP contribution in [-0.4, -0.2) is 56.1 Å². The number of aromatic nitrogens is 3. The minimum atomic E-state index is -1.09. The lowest BCUT2D eigenvalue weighted by atomic mass is 10.1. The van der Waals surface area contributed by atoms with Gasteiger partial charge < -0.3 is 15.3 Å². The van der Waals surface area contributed by atoms with Crippen LogP contribution in [-0.2, 0) is 0 Å². The second kappa shape index (κ2) is 5.10. The van der Waals surface area contributed by atoms with Crippen molar-refractivity contribution in [1.82, 2.24) is 25.2 Å². The molecule has 0 bridgehead atoms. The number of nitrogens with one attached hydrogen (secondary N) is 1. The number of carboxylic acids is 1. The van der Waals surface area contributed by atoms with Crippen LogP contribution >= 0.6 is 0 Å². The summed E-state index contributed by atoms with van der Waals surface area (Å²) in [6.07, 6.45) is 5.90. The molecule has 1 aliphatic heterocycles. The molecule has 1 saturated carbocycles. The van der Waals surface area contributed by atoms with E-state index in [0.717, 1.165) is 12.8 Å². The van der Waals surface area contributed by atoms with Crippen LogP contribution in [0.15, 0.2) is 6.20 Å². The molecule has 8 nitrogen and oxygen atoms in total. The Kier molecular flexibility index (Phi) is 3.29. The molecule has 2 heterocycles. The molecule has 1 aliphatic carbocycles. The molecular formula is C12H17N5O3. The highest BCUT2D eigenvalue weighted by atomic mass is 16.4. The SMILES string of the molecule is O=C(O)c1cn(C2CN(C(=O)NC3CCCC3)C2)nn1. The van der Waals surface area contributed by atoms with E-state index < -0.39 is 5.97 Å². The van der Waals surface area contributed by atoms with Gasteiger partial charge in [-0.1, -0.05) is 18.1 Å². The fourth-order valence-corrected chi connectivity index (χ4v) is 2.68. The quantitative estimate of drug-likeness (QED) is 0.838. The first kappa shape index (κ1) is 12.9. The van der Waals surface area contributed by atoms with E-state index in [1.807, 2.05) is 0 Å². The summed E-state index contributed by atoms with van der Waals surface area (Å²) in [4.78, 5) is 24.4. The number of carbonyl (C=O) groups is 2. The largest absolute Gasteiger partial charge is 0.476 e. The maximum Gasteiger partial charge on any atom is 0.358 e. The van der Waals surface area contributed by atoms with Crippen molar-refractivity contribution >= 4 is 12.0 Å². The molecule has 1 saturated heterocycles. The zero-order valence-electron chi connectivity index (χ0n) is 11.0. The van der Waals surface area contributed by atoms with Crippen LogP contribution in [0.4, 0.5) is 4.79 Å². The van der Waals surface area contributed by atoms with Crippen molar-refractivity contribution in [2.75, 3.05) is 13.1 Å². The normalized spacial score (nSPS) is 19.9. The Balaban J connectivity index is 1.49. The van der Waals surface area contributed by atoms with Crippen LogP contribution in [0, 0.1) is 0 Å². The topological polar surface area (TPSA) is 100 Å². The van der Waals surface area contributed by atoms with Gasteiger partial charge >= 0.3 is 12.0 Å². The van der Waals surface area contributed by atoms with Gasteiger partial charge in [0, 0.05) is 19.1 Å². The third kappa shape index (κ3) is 2.45. The molecule has 0 aromatic carbocycles. The Morgan fingerprint density at radius 1 is 1.30 bits per heavy atom. The summed E-state index contributed by atoms with van der Waals surface area (Å²) in [7, 11) is 0. The number of likely N-dealkylation sites (tertiary alicyclic amines) is 1. The van der Waals surface area contributed by atoms with Crippen LogP contribution in [0.2, 0.25) is 0 Å². The molecule has 2 fully saturated rings. The number of carbonyl (C=O) groups excluding carboxylic acids is 1. The molecule has 0 unspecified atom stereocenters. The number of carboxylic acid groups (broad SMARTS) is 1. The van der Waals surface area contributed by atoms with Gasteiger partial charge in [0.05, 0.1) is 12.2 Å². The number of urea groups is 1. The van der Waals surface area contributed by atoms with Gasteiger partial charge in [-0.3, -0.25) is 0 Å². The molecule has 1 aromatic heterocycles. The van der Waals surface area contributed by atoms with E-state index in [-0.39, 0.29) is 17.8 Å². The number of amides is 2.